The van der Waals surface area contributed by atoms with Crippen molar-refractivity contribution in [3.8, 4) is 0 Å². The molecule has 0 bridgehead atoms. The van der Waals surface area contributed by atoms with Crippen LogP contribution in [0.4, 0.5) is 0 Å². The molecule has 2 heteroatoms. The van der Waals surface area contributed by atoms with Crippen molar-refractivity contribution in [3.05, 3.63) is 11.5 Å². The fraction of sp³-hybridized carbons (Fsp3) is 0.667. The van der Waals surface area contributed by atoms with E-state index in [1.165, 1.54) is 0 Å². The normalized spacial score (nSPS) is 10.8. The van der Waals surface area contributed by atoms with E-state index in [4.69, 9.17) is 4.74 Å². The van der Waals surface area contributed by atoms with Gasteiger partial charge in [-0.15, -0.1) is 11.8 Å². The molecule has 0 rings (SSSR count). The topological polar surface area (TPSA) is 9.23 Å². The van der Waals surface area contributed by atoms with Crippen LogP contribution in [0.1, 0.15) is 6.92 Å². The second-order valence-corrected chi connectivity index (χ2v) is 2.35. The average molecular weight is 132 g/mol. The van der Waals surface area contributed by atoms with E-state index in [2.05, 4.69) is 5.41 Å². The maximum atomic E-state index is 4.83. The summed E-state index contributed by atoms with van der Waals surface area (Å²) in [6.45, 7) is 2.86. The summed E-state index contributed by atoms with van der Waals surface area (Å²) >= 11 is 1.77. The Morgan fingerprint density at radius 3 is 2.88 bits per heavy atom. The fourth-order valence-electron chi connectivity index (χ4n) is 0.296. The summed E-state index contributed by atoms with van der Waals surface area (Å²) in [6.07, 6.45) is 2.03. The van der Waals surface area contributed by atoms with E-state index in [9.17, 15) is 0 Å². The van der Waals surface area contributed by atoms with Crippen molar-refractivity contribution in [2.75, 3.05) is 19.5 Å². The molecule has 0 fully saturated rings. The van der Waals surface area contributed by atoms with E-state index < -0.39 is 0 Å². The van der Waals surface area contributed by atoms with E-state index in [0.717, 1.165) is 12.4 Å². The third kappa shape index (κ3) is 6.05. The Balaban J connectivity index is 2.72. The lowest BCUT2D eigenvalue weighted by atomic mass is 10.8. The number of rotatable bonds is 4. The Morgan fingerprint density at radius 2 is 2.38 bits per heavy atom. The summed E-state index contributed by atoms with van der Waals surface area (Å²) in [6, 6.07) is 0. The van der Waals surface area contributed by atoms with E-state index in [1.54, 1.807) is 18.9 Å². The zero-order chi connectivity index (χ0) is 6.24. The number of allylic oxidation sites excluding steroid dienone is 1. The van der Waals surface area contributed by atoms with Gasteiger partial charge in [0, 0.05) is 12.9 Å². The van der Waals surface area contributed by atoms with Gasteiger partial charge < -0.3 is 4.74 Å². The van der Waals surface area contributed by atoms with Crippen molar-refractivity contribution in [3.63, 3.8) is 0 Å². The zero-order valence-electron chi connectivity index (χ0n) is 5.39. The Morgan fingerprint density at radius 1 is 1.62 bits per heavy atom. The lowest BCUT2D eigenvalue weighted by Crippen LogP contribution is -1.88. The largest absolute Gasteiger partial charge is 0.384 e. The van der Waals surface area contributed by atoms with Gasteiger partial charge in [0.1, 0.15) is 0 Å². The number of ether oxygens (including phenoxy) is 1. The zero-order valence-corrected chi connectivity index (χ0v) is 6.20. The van der Waals surface area contributed by atoms with E-state index in [1.807, 2.05) is 13.0 Å². The molecule has 0 aliphatic carbocycles. The second kappa shape index (κ2) is 7.05. The van der Waals surface area contributed by atoms with Crippen LogP contribution < -0.4 is 0 Å². The number of thioether (sulfide) groups is 1. The molecule has 0 aromatic carbocycles. The van der Waals surface area contributed by atoms with Crippen LogP contribution in [0.3, 0.4) is 0 Å². The van der Waals surface area contributed by atoms with Gasteiger partial charge in [-0.25, -0.2) is 0 Å². The minimum atomic E-state index is 0.842. The highest BCUT2D eigenvalue weighted by molar-refractivity contribution is 8.02. The summed E-state index contributed by atoms with van der Waals surface area (Å²) in [5.74, 6) is 1.06. The molecule has 0 amide bonds. The van der Waals surface area contributed by atoms with Gasteiger partial charge in [0.2, 0.25) is 0 Å². The average Bonchev–Trinajstić information content (AvgIpc) is 1.81. The molecule has 1 nitrogen and oxygen atoms in total. The molecule has 0 unspecified atom stereocenters. The third-order valence-corrected chi connectivity index (χ3v) is 1.50. The van der Waals surface area contributed by atoms with Gasteiger partial charge in [-0.1, -0.05) is 6.08 Å². The first-order valence-electron chi connectivity index (χ1n) is 2.63. The highest BCUT2D eigenvalue weighted by Crippen LogP contribution is 1.99. The predicted octanol–water partition coefficient (Wildman–Crippen LogP) is 1.90. The molecule has 0 aromatic heterocycles. The fourth-order valence-corrected chi connectivity index (χ4v) is 0.887. The summed E-state index contributed by atoms with van der Waals surface area (Å²) < 4.78 is 4.83. The molecule has 0 saturated heterocycles. The molecule has 8 heavy (non-hydrogen) atoms. The van der Waals surface area contributed by atoms with Crippen LogP contribution in [0.15, 0.2) is 11.5 Å². The van der Waals surface area contributed by atoms with Crippen LogP contribution in [-0.4, -0.2) is 19.5 Å². The molecule has 0 atom stereocenters. The van der Waals surface area contributed by atoms with Crippen molar-refractivity contribution in [2.45, 2.75) is 6.92 Å². The molecule has 0 radical (unpaired) electrons. The first kappa shape index (κ1) is 8.05. The Kier molecular flexibility index (Phi) is 7.09. The predicted molar refractivity (Wildman–Crippen MR) is 39.1 cm³/mol. The number of hydrogen-bond acceptors (Lipinski definition) is 2. The molecule has 0 aromatic rings. The summed E-state index contributed by atoms with van der Waals surface area (Å²) in [4.78, 5) is 0. The van der Waals surface area contributed by atoms with Gasteiger partial charge in [0.05, 0.1) is 6.61 Å². The third-order valence-electron chi connectivity index (χ3n) is 0.638. The van der Waals surface area contributed by atoms with Crippen LogP contribution in [0.25, 0.3) is 0 Å². The Hall–Kier alpha value is 0.0500. The van der Waals surface area contributed by atoms with Gasteiger partial charge in [-0.3, -0.25) is 0 Å². The highest BCUT2D eigenvalue weighted by atomic mass is 32.2. The quantitative estimate of drug-likeness (QED) is 0.540. The molecule has 0 heterocycles. The molecule has 0 aliphatic heterocycles. The summed E-state index contributed by atoms with van der Waals surface area (Å²) in [5.41, 5.74) is 0. The van der Waals surface area contributed by atoms with Gasteiger partial charge in [0.15, 0.2) is 0 Å². The van der Waals surface area contributed by atoms with Crippen molar-refractivity contribution in [2.24, 2.45) is 0 Å². The number of methoxy groups -OCH3 is 1. The van der Waals surface area contributed by atoms with Crippen LogP contribution in [0.2, 0.25) is 0 Å². The molecule has 48 valence electrons. The first-order valence-corrected chi connectivity index (χ1v) is 3.68. The van der Waals surface area contributed by atoms with E-state index >= 15 is 0 Å². The maximum absolute atomic E-state index is 4.83. The van der Waals surface area contributed by atoms with Crippen molar-refractivity contribution in [1.82, 2.24) is 0 Å². The summed E-state index contributed by atoms with van der Waals surface area (Å²) in [7, 11) is 1.72. The van der Waals surface area contributed by atoms with Crippen LogP contribution in [-0.2, 0) is 4.74 Å². The Bertz CT molecular complexity index is 61.5. The standard InChI is InChI=1S/C6H12OS/c1-3-5-8-6-4-7-2/h3,5H,4,6H2,1-2H3. The SMILES string of the molecule is CC=CSCCOC. The lowest BCUT2D eigenvalue weighted by molar-refractivity contribution is 0.219. The van der Waals surface area contributed by atoms with Gasteiger partial charge in [0.25, 0.3) is 0 Å². The van der Waals surface area contributed by atoms with E-state index in [-0.39, 0.29) is 0 Å². The van der Waals surface area contributed by atoms with Crippen LogP contribution in [0, 0.1) is 0 Å². The number of hydrogen-bond donors (Lipinski definition) is 0. The monoisotopic (exact) mass is 132 g/mol. The first-order chi connectivity index (χ1) is 3.91. The summed E-state index contributed by atoms with van der Waals surface area (Å²) in [5, 5.41) is 2.07. The van der Waals surface area contributed by atoms with Crippen molar-refractivity contribution >= 4 is 11.8 Å². The molecule has 0 saturated carbocycles. The van der Waals surface area contributed by atoms with Gasteiger partial charge >= 0.3 is 0 Å². The minimum Gasteiger partial charge on any atom is -0.384 e. The maximum Gasteiger partial charge on any atom is 0.0556 e. The lowest BCUT2D eigenvalue weighted by Gasteiger charge is -1.91. The second-order valence-electron chi connectivity index (χ2n) is 1.33. The van der Waals surface area contributed by atoms with Crippen molar-refractivity contribution < 1.29 is 4.74 Å². The van der Waals surface area contributed by atoms with E-state index in [0.29, 0.717) is 0 Å². The van der Waals surface area contributed by atoms with Crippen molar-refractivity contribution in [1.29, 1.82) is 0 Å². The molecule has 0 N–H and O–H groups in total. The Labute approximate surface area is 55.1 Å². The molecule has 0 aliphatic rings. The van der Waals surface area contributed by atoms with Crippen LogP contribution in [0.5, 0.6) is 0 Å². The molecule has 0 spiro atoms. The van der Waals surface area contributed by atoms with Crippen LogP contribution >= 0.6 is 11.8 Å². The molecular weight excluding hydrogens is 120 g/mol. The minimum absolute atomic E-state index is 0.842. The van der Waals surface area contributed by atoms with Gasteiger partial charge in [-0.05, 0) is 12.3 Å². The highest BCUT2D eigenvalue weighted by Gasteiger charge is 1.78. The smallest absolute Gasteiger partial charge is 0.0556 e. The molecular formula is C6H12OS. The van der Waals surface area contributed by atoms with Gasteiger partial charge in [-0.2, -0.15) is 0 Å².